The number of rotatable bonds is 6. The van der Waals surface area contributed by atoms with E-state index in [1.54, 1.807) is 0 Å². The summed E-state index contributed by atoms with van der Waals surface area (Å²) in [6, 6.07) is 0. The van der Waals surface area contributed by atoms with E-state index in [9.17, 15) is 4.79 Å². The molecule has 0 aliphatic rings. The zero-order valence-corrected chi connectivity index (χ0v) is 11.2. The van der Waals surface area contributed by atoms with Crippen molar-refractivity contribution < 1.29 is 14.6 Å². The van der Waals surface area contributed by atoms with Crippen LogP contribution in [-0.2, 0) is 9.53 Å². The molecule has 0 spiro atoms. The van der Waals surface area contributed by atoms with Gasteiger partial charge in [0, 0.05) is 13.0 Å². The molecule has 0 aromatic heterocycles. The maximum Gasteiger partial charge on any atom is 0.219 e. The Bertz CT molecular complexity index is 176. The van der Waals surface area contributed by atoms with Gasteiger partial charge in [-0.3, -0.25) is 4.79 Å². The molecule has 0 aromatic carbocycles. The van der Waals surface area contributed by atoms with Crippen LogP contribution in [-0.4, -0.2) is 29.8 Å². The standard InChI is InChI=1S/C8H17NO3.C4H10/c1-8(2,4-5-10)12-6-3-7(9)11;1-4(2)3/h10H,3-6H2,1-2H3,(H2,9,11);4H,1-3H3. The molecule has 0 saturated carbocycles. The highest BCUT2D eigenvalue weighted by Gasteiger charge is 2.17. The van der Waals surface area contributed by atoms with Crippen molar-refractivity contribution in [2.75, 3.05) is 13.2 Å². The number of carbonyl (C=O) groups excluding carboxylic acids is 1. The maximum absolute atomic E-state index is 10.3. The summed E-state index contributed by atoms with van der Waals surface area (Å²) < 4.78 is 5.32. The molecule has 0 aliphatic heterocycles. The number of amides is 1. The molecule has 0 aliphatic carbocycles. The van der Waals surface area contributed by atoms with Gasteiger partial charge in [-0.25, -0.2) is 0 Å². The largest absolute Gasteiger partial charge is 0.396 e. The van der Waals surface area contributed by atoms with E-state index in [4.69, 9.17) is 15.6 Å². The Morgan fingerprint density at radius 2 is 1.81 bits per heavy atom. The van der Waals surface area contributed by atoms with Crippen LogP contribution >= 0.6 is 0 Å². The van der Waals surface area contributed by atoms with E-state index in [2.05, 4.69) is 20.8 Å². The van der Waals surface area contributed by atoms with Gasteiger partial charge in [0.1, 0.15) is 0 Å². The van der Waals surface area contributed by atoms with Gasteiger partial charge in [-0.2, -0.15) is 0 Å². The zero-order chi connectivity index (χ0) is 13.2. The van der Waals surface area contributed by atoms with Crippen LogP contribution in [0, 0.1) is 5.92 Å². The minimum absolute atomic E-state index is 0.0869. The van der Waals surface area contributed by atoms with Gasteiger partial charge >= 0.3 is 0 Å². The molecule has 4 nitrogen and oxygen atoms in total. The van der Waals surface area contributed by atoms with Gasteiger partial charge < -0.3 is 15.6 Å². The lowest BCUT2D eigenvalue weighted by atomic mass is 10.1. The molecule has 98 valence electrons. The molecule has 0 fully saturated rings. The summed E-state index contributed by atoms with van der Waals surface area (Å²) in [6.45, 7) is 10.6. The molecule has 16 heavy (non-hydrogen) atoms. The number of nitrogens with two attached hydrogens (primary N) is 1. The van der Waals surface area contributed by atoms with Crippen molar-refractivity contribution in [3.8, 4) is 0 Å². The minimum Gasteiger partial charge on any atom is -0.396 e. The molecule has 0 atom stereocenters. The van der Waals surface area contributed by atoms with Crippen molar-refractivity contribution in [3.63, 3.8) is 0 Å². The predicted molar refractivity (Wildman–Crippen MR) is 66.1 cm³/mol. The second-order valence-electron chi connectivity index (χ2n) is 5.03. The first-order valence-electron chi connectivity index (χ1n) is 5.74. The third kappa shape index (κ3) is 19.0. The summed E-state index contributed by atoms with van der Waals surface area (Å²) in [5.41, 5.74) is 4.56. The SMILES string of the molecule is CC(C)(CCO)OCCC(N)=O.CC(C)C. The van der Waals surface area contributed by atoms with Crippen LogP contribution in [0.15, 0.2) is 0 Å². The summed E-state index contributed by atoms with van der Waals surface area (Å²) in [7, 11) is 0. The predicted octanol–water partition coefficient (Wildman–Crippen LogP) is 1.70. The molecule has 0 heterocycles. The van der Waals surface area contributed by atoms with E-state index < -0.39 is 0 Å². The second-order valence-corrected chi connectivity index (χ2v) is 5.03. The number of aliphatic hydroxyl groups excluding tert-OH is 1. The Morgan fingerprint density at radius 3 is 2.12 bits per heavy atom. The van der Waals surface area contributed by atoms with Gasteiger partial charge in [0.15, 0.2) is 0 Å². The second kappa shape index (κ2) is 9.60. The lowest BCUT2D eigenvalue weighted by molar-refractivity contribution is -0.120. The van der Waals surface area contributed by atoms with E-state index in [1.165, 1.54) is 0 Å². The number of hydrogen-bond acceptors (Lipinski definition) is 3. The average molecular weight is 233 g/mol. The van der Waals surface area contributed by atoms with Gasteiger partial charge in [-0.05, 0) is 26.2 Å². The molecule has 0 rings (SSSR count). The molecule has 0 unspecified atom stereocenters. The maximum atomic E-state index is 10.3. The van der Waals surface area contributed by atoms with Crippen LogP contribution in [0.2, 0.25) is 0 Å². The Morgan fingerprint density at radius 1 is 1.38 bits per heavy atom. The summed E-state index contributed by atoms with van der Waals surface area (Å²) in [6.07, 6.45) is 0.792. The van der Waals surface area contributed by atoms with Gasteiger partial charge in [0.25, 0.3) is 0 Å². The molecule has 0 radical (unpaired) electrons. The van der Waals surface area contributed by atoms with Crippen molar-refractivity contribution in [2.24, 2.45) is 11.7 Å². The highest BCUT2D eigenvalue weighted by atomic mass is 16.5. The van der Waals surface area contributed by atoms with Crippen LogP contribution in [0.4, 0.5) is 0 Å². The third-order valence-corrected chi connectivity index (χ3v) is 1.56. The first-order valence-corrected chi connectivity index (χ1v) is 5.74. The summed E-state index contributed by atoms with van der Waals surface area (Å²) in [4.78, 5) is 10.3. The van der Waals surface area contributed by atoms with Gasteiger partial charge in [-0.15, -0.1) is 0 Å². The van der Waals surface area contributed by atoms with E-state index in [-0.39, 0.29) is 24.5 Å². The fourth-order valence-electron chi connectivity index (χ4n) is 0.769. The van der Waals surface area contributed by atoms with E-state index >= 15 is 0 Å². The number of primary amides is 1. The lowest BCUT2D eigenvalue weighted by Gasteiger charge is -2.23. The molecule has 1 amide bonds. The van der Waals surface area contributed by atoms with Crippen molar-refractivity contribution in [1.29, 1.82) is 0 Å². The zero-order valence-electron chi connectivity index (χ0n) is 11.2. The summed E-state index contributed by atoms with van der Waals surface area (Å²) in [5, 5.41) is 8.64. The number of carbonyl (C=O) groups is 1. The fourth-order valence-corrected chi connectivity index (χ4v) is 0.769. The fraction of sp³-hybridized carbons (Fsp3) is 0.917. The topological polar surface area (TPSA) is 72.6 Å². The quantitative estimate of drug-likeness (QED) is 0.733. The molecular weight excluding hydrogens is 206 g/mol. The summed E-state index contributed by atoms with van der Waals surface area (Å²) in [5.74, 6) is 0.467. The van der Waals surface area contributed by atoms with E-state index in [1.807, 2.05) is 13.8 Å². The number of hydrogen-bond donors (Lipinski definition) is 2. The molecule has 3 N–H and O–H groups in total. The van der Waals surface area contributed by atoms with Crippen LogP contribution in [0.5, 0.6) is 0 Å². The van der Waals surface area contributed by atoms with Crippen LogP contribution < -0.4 is 5.73 Å². The van der Waals surface area contributed by atoms with Gasteiger partial charge in [0.2, 0.25) is 5.91 Å². The van der Waals surface area contributed by atoms with Crippen LogP contribution in [0.3, 0.4) is 0 Å². The Labute approximate surface area is 99.2 Å². The average Bonchev–Trinajstić information content (AvgIpc) is 2.00. The normalized spacial score (nSPS) is 10.9. The van der Waals surface area contributed by atoms with E-state index in [0.29, 0.717) is 13.0 Å². The molecule has 0 bridgehead atoms. The van der Waals surface area contributed by atoms with Crippen molar-refractivity contribution in [1.82, 2.24) is 0 Å². The number of ether oxygens (including phenoxy) is 1. The third-order valence-electron chi connectivity index (χ3n) is 1.56. The highest BCUT2D eigenvalue weighted by molar-refractivity contribution is 5.73. The van der Waals surface area contributed by atoms with E-state index in [0.717, 1.165) is 5.92 Å². The monoisotopic (exact) mass is 233 g/mol. The first kappa shape index (κ1) is 17.8. The lowest BCUT2D eigenvalue weighted by Crippen LogP contribution is -2.27. The highest BCUT2D eigenvalue weighted by Crippen LogP contribution is 2.13. The molecule has 0 saturated heterocycles. The minimum atomic E-state index is -0.371. The molecular formula is C12H27NO3. The Balaban J connectivity index is 0. The molecule has 4 heteroatoms. The van der Waals surface area contributed by atoms with Crippen molar-refractivity contribution in [2.45, 2.75) is 53.1 Å². The number of aliphatic hydroxyl groups is 1. The molecule has 0 aromatic rings. The van der Waals surface area contributed by atoms with Gasteiger partial charge in [-0.1, -0.05) is 20.8 Å². The van der Waals surface area contributed by atoms with Gasteiger partial charge in [0.05, 0.1) is 12.2 Å². The van der Waals surface area contributed by atoms with Crippen LogP contribution in [0.1, 0.15) is 47.5 Å². The Hall–Kier alpha value is -0.610. The van der Waals surface area contributed by atoms with Crippen LogP contribution in [0.25, 0.3) is 0 Å². The Kier molecular flexibility index (Phi) is 10.7. The summed E-state index contributed by atoms with van der Waals surface area (Å²) >= 11 is 0. The van der Waals surface area contributed by atoms with Crippen molar-refractivity contribution in [3.05, 3.63) is 0 Å². The smallest absolute Gasteiger partial charge is 0.219 e. The van der Waals surface area contributed by atoms with Crippen molar-refractivity contribution >= 4 is 5.91 Å². The first-order chi connectivity index (χ1) is 7.21.